The molecule has 6 rings (SSSR count). The third-order valence-corrected chi connectivity index (χ3v) is 9.95. The van der Waals surface area contributed by atoms with E-state index in [2.05, 4.69) is 44.5 Å². The number of amides is 1. The Bertz CT molecular complexity index is 1640. The zero-order valence-corrected chi connectivity index (χ0v) is 27.1. The van der Waals surface area contributed by atoms with Crippen molar-refractivity contribution in [2.45, 2.75) is 26.0 Å². The molecule has 3 N–H and O–H groups in total. The summed E-state index contributed by atoms with van der Waals surface area (Å²) in [5, 5.41) is 12.6. The first-order valence-electron chi connectivity index (χ1n) is 14.8. The molecule has 3 aliphatic heterocycles. The zero-order chi connectivity index (χ0) is 30.3. The highest BCUT2D eigenvalue weighted by molar-refractivity contribution is 8.19. The van der Waals surface area contributed by atoms with Crippen molar-refractivity contribution in [1.29, 1.82) is 0 Å². The van der Waals surface area contributed by atoms with E-state index in [0.717, 1.165) is 53.3 Å². The van der Waals surface area contributed by atoms with Crippen LogP contribution in [0.15, 0.2) is 101 Å². The number of nitrogens with one attached hydrogen (secondary N) is 3. The van der Waals surface area contributed by atoms with Crippen LogP contribution in [0.4, 0.5) is 10.1 Å². The monoisotopic (exact) mass is 667 g/mol. The van der Waals surface area contributed by atoms with Crippen LogP contribution in [0.2, 0.25) is 5.02 Å². The minimum Gasteiger partial charge on any atom is -0.487 e. The number of rotatable bonds is 11. The van der Waals surface area contributed by atoms with Crippen molar-refractivity contribution in [2.24, 2.45) is 10.9 Å². The predicted octanol–water partition coefficient (Wildman–Crippen LogP) is 6.69. The van der Waals surface area contributed by atoms with Gasteiger partial charge in [-0.1, -0.05) is 54.1 Å². The summed E-state index contributed by atoms with van der Waals surface area (Å²) in [6, 6.07) is 22.0. The van der Waals surface area contributed by atoms with E-state index in [9.17, 15) is 9.18 Å². The first-order valence-corrected chi connectivity index (χ1v) is 16.6. The molecule has 2 atom stereocenters. The lowest BCUT2D eigenvalue weighted by Crippen LogP contribution is -2.39. The number of hydrogen-bond donors (Lipinski definition) is 3. The normalized spacial score (nSPS) is 18.8. The molecular formula is C34H36Cl2FN5O2S. The van der Waals surface area contributed by atoms with Crippen molar-refractivity contribution in [1.82, 2.24) is 15.5 Å². The molecule has 3 aliphatic rings. The molecule has 3 heterocycles. The van der Waals surface area contributed by atoms with Crippen LogP contribution in [0.5, 0.6) is 5.75 Å². The van der Waals surface area contributed by atoms with E-state index in [0.29, 0.717) is 41.4 Å². The van der Waals surface area contributed by atoms with Gasteiger partial charge in [-0.25, -0.2) is 9.38 Å². The summed E-state index contributed by atoms with van der Waals surface area (Å²) in [5.74, 6) is 1.83. The summed E-state index contributed by atoms with van der Waals surface area (Å²) >= 11 is 6.57. The summed E-state index contributed by atoms with van der Waals surface area (Å²) in [5.41, 5.74) is 3.59. The molecule has 0 saturated carbocycles. The van der Waals surface area contributed by atoms with E-state index in [1.165, 1.54) is 12.1 Å². The highest BCUT2D eigenvalue weighted by atomic mass is 35.5. The molecule has 0 aliphatic carbocycles. The SMILES string of the molecule is Cl.O=C(CS1=C2C(=C(Nc3ccc(OCc4cccc(F)c4)c(Cl)c3)N=CN2Cc2ccccc2)C=C1)NCC1CCCNC1. The highest BCUT2D eigenvalue weighted by Gasteiger charge is 2.27. The first-order chi connectivity index (χ1) is 21.5. The molecule has 1 fully saturated rings. The Morgan fingerprint density at radius 2 is 1.96 bits per heavy atom. The van der Waals surface area contributed by atoms with Crippen LogP contribution in [-0.2, 0) is 17.9 Å². The molecular weight excluding hydrogens is 632 g/mol. The number of hydrogen-bond acceptors (Lipinski definition) is 6. The Morgan fingerprint density at radius 1 is 1.11 bits per heavy atom. The molecule has 11 heteroatoms. The van der Waals surface area contributed by atoms with Crippen LogP contribution < -0.4 is 20.7 Å². The molecule has 0 spiro atoms. The number of anilines is 1. The number of halogens is 3. The molecule has 3 aromatic carbocycles. The predicted molar refractivity (Wildman–Crippen MR) is 186 cm³/mol. The standard InChI is InChI=1S/C34H35ClFN5O2S.ClH/c35-30-17-28(11-12-31(30)43-21-25-8-4-10-27(36)16-25)40-33-29-13-15-44(22-32(42)38-19-26-9-5-14-37-18-26)34(29)41(23-39-33)20-24-6-2-1-3-7-24;/h1-4,6-8,10-13,15-17,23,26,37,40H,5,9,14,18-22H2,(H,38,42);1H. The van der Waals surface area contributed by atoms with Gasteiger partial charge in [0.25, 0.3) is 0 Å². The largest absolute Gasteiger partial charge is 0.487 e. The third-order valence-electron chi connectivity index (χ3n) is 7.67. The molecule has 1 saturated heterocycles. The summed E-state index contributed by atoms with van der Waals surface area (Å²) in [6.45, 7) is 3.58. The Balaban J connectivity index is 0.00000400. The maximum Gasteiger partial charge on any atom is 0.229 e. The van der Waals surface area contributed by atoms with E-state index >= 15 is 0 Å². The minimum absolute atomic E-state index is 0. The van der Waals surface area contributed by atoms with Crippen molar-refractivity contribution >= 4 is 57.4 Å². The minimum atomic E-state index is -0.421. The van der Waals surface area contributed by atoms with Gasteiger partial charge in [0.1, 0.15) is 24.0 Å². The molecule has 0 aromatic heterocycles. The summed E-state index contributed by atoms with van der Waals surface area (Å²) in [7, 11) is -0.421. The lowest BCUT2D eigenvalue weighted by molar-refractivity contribution is -0.118. The van der Waals surface area contributed by atoms with Crippen molar-refractivity contribution in [3.8, 4) is 5.75 Å². The highest BCUT2D eigenvalue weighted by Crippen LogP contribution is 2.36. The fraction of sp³-hybridized carbons (Fsp3) is 0.265. The maximum absolute atomic E-state index is 13.5. The van der Waals surface area contributed by atoms with Crippen molar-refractivity contribution < 1.29 is 13.9 Å². The van der Waals surface area contributed by atoms with Gasteiger partial charge in [0.2, 0.25) is 5.91 Å². The third kappa shape index (κ3) is 8.55. The van der Waals surface area contributed by atoms with Crippen LogP contribution >= 0.6 is 34.5 Å². The first kappa shape index (κ1) is 32.8. The Labute approximate surface area is 276 Å². The van der Waals surface area contributed by atoms with Gasteiger partial charge < -0.3 is 25.6 Å². The second kappa shape index (κ2) is 15.6. The van der Waals surface area contributed by atoms with Gasteiger partial charge in [-0.3, -0.25) is 4.79 Å². The van der Waals surface area contributed by atoms with E-state index in [4.69, 9.17) is 21.3 Å². The molecule has 0 bridgehead atoms. The second-order valence-corrected chi connectivity index (χ2v) is 13.2. The van der Waals surface area contributed by atoms with Crippen molar-refractivity contribution in [3.63, 3.8) is 0 Å². The second-order valence-electron chi connectivity index (χ2n) is 11.0. The Kier molecular flexibility index (Phi) is 11.3. The number of carbonyl (C=O) groups excluding carboxylic acids is 1. The number of carbonyl (C=O) groups is 1. The number of nitrogens with zero attached hydrogens (tertiary/aromatic N) is 2. The van der Waals surface area contributed by atoms with Gasteiger partial charge in [-0.15, -0.1) is 22.9 Å². The van der Waals surface area contributed by atoms with Crippen LogP contribution in [0, 0.1) is 11.7 Å². The molecule has 45 heavy (non-hydrogen) atoms. The lowest BCUT2D eigenvalue weighted by Gasteiger charge is -2.28. The Morgan fingerprint density at radius 3 is 2.73 bits per heavy atom. The number of benzene rings is 3. The quantitative estimate of drug-likeness (QED) is 0.199. The lowest BCUT2D eigenvalue weighted by atomic mass is 10.00. The van der Waals surface area contributed by atoms with Crippen molar-refractivity contribution in [2.75, 3.05) is 30.7 Å². The molecule has 3 aromatic rings. The molecule has 2 unspecified atom stereocenters. The topological polar surface area (TPSA) is 78.0 Å². The fourth-order valence-corrected chi connectivity index (χ4v) is 7.58. The molecule has 7 nitrogen and oxygen atoms in total. The van der Waals surface area contributed by atoms with Crippen LogP contribution in [0.3, 0.4) is 0 Å². The summed E-state index contributed by atoms with van der Waals surface area (Å²) < 4.78 is 19.4. The number of piperidine rings is 1. The number of ether oxygens (including phenoxy) is 1. The van der Waals surface area contributed by atoms with E-state index < -0.39 is 10.5 Å². The van der Waals surface area contributed by atoms with Gasteiger partial charge in [-0.05, 0) is 84.8 Å². The van der Waals surface area contributed by atoms with Gasteiger partial charge in [0, 0.05) is 24.4 Å². The smallest absolute Gasteiger partial charge is 0.229 e. The summed E-state index contributed by atoms with van der Waals surface area (Å²) in [4.78, 5) is 21.1. The van der Waals surface area contributed by atoms with Gasteiger partial charge in [-0.2, -0.15) is 0 Å². The Hall–Kier alpha value is -3.63. The van der Waals surface area contributed by atoms with E-state index in [-0.39, 0.29) is 30.7 Å². The average molecular weight is 669 g/mol. The average Bonchev–Trinajstić information content (AvgIpc) is 3.46. The summed E-state index contributed by atoms with van der Waals surface area (Å²) in [6.07, 6.45) is 6.19. The van der Waals surface area contributed by atoms with Crippen LogP contribution in [-0.4, -0.2) is 47.5 Å². The van der Waals surface area contributed by atoms with Gasteiger partial charge in [0.15, 0.2) is 0 Å². The van der Waals surface area contributed by atoms with Gasteiger partial charge in [0.05, 0.1) is 22.1 Å². The van der Waals surface area contributed by atoms with Gasteiger partial charge >= 0.3 is 0 Å². The van der Waals surface area contributed by atoms with Crippen LogP contribution in [0.1, 0.15) is 24.0 Å². The molecule has 236 valence electrons. The number of aliphatic imine (C=N–C) groups is 1. The molecule has 0 radical (unpaired) electrons. The maximum atomic E-state index is 13.5. The van der Waals surface area contributed by atoms with E-state index in [1.807, 2.05) is 30.6 Å². The fourth-order valence-electron chi connectivity index (χ4n) is 5.44. The van der Waals surface area contributed by atoms with Crippen LogP contribution in [0.25, 0.3) is 0 Å². The van der Waals surface area contributed by atoms with Crippen molar-refractivity contribution in [3.05, 3.63) is 118 Å². The zero-order valence-electron chi connectivity index (χ0n) is 24.7. The molecule has 1 amide bonds. The number of fused-ring (bicyclic) bond motifs is 1. The van der Waals surface area contributed by atoms with E-state index in [1.54, 1.807) is 24.3 Å².